The van der Waals surface area contributed by atoms with Crippen molar-refractivity contribution in [2.24, 2.45) is 17.3 Å². The second-order valence-corrected chi connectivity index (χ2v) is 4.98. The highest BCUT2D eigenvalue weighted by atomic mass is 16.2. The lowest BCUT2D eigenvalue weighted by Crippen LogP contribution is -2.36. The fourth-order valence-corrected chi connectivity index (χ4v) is 2.19. The van der Waals surface area contributed by atoms with E-state index in [1.165, 1.54) is 0 Å². The number of hydrogen-bond acceptors (Lipinski definition) is 3. The van der Waals surface area contributed by atoms with Crippen molar-refractivity contribution in [3.05, 3.63) is 0 Å². The molecule has 0 spiro atoms. The summed E-state index contributed by atoms with van der Waals surface area (Å²) in [5, 5.41) is 9.91. The summed E-state index contributed by atoms with van der Waals surface area (Å²) in [6.07, 6.45) is 5.38. The highest BCUT2D eigenvalue weighted by molar-refractivity contribution is 5.85. The van der Waals surface area contributed by atoms with Crippen molar-refractivity contribution in [2.45, 2.75) is 39.5 Å². The van der Waals surface area contributed by atoms with Crippen LogP contribution in [0.25, 0.3) is 0 Å². The minimum atomic E-state index is -0.367. The molecule has 1 aliphatic rings. The minimum Gasteiger partial charge on any atom is -0.356 e. The predicted molar refractivity (Wildman–Crippen MR) is 67.1 cm³/mol. The number of carbonyl (C=O) groups excluding carboxylic acids is 2. The molecule has 1 amide bonds. The molecule has 0 aliphatic heterocycles. The largest absolute Gasteiger partial charge is 0.356 e. The number of carbonyl (C=O) groups is 2. The zero-order chi connectivity index (χ0) is 12.9. The maximum atomic E-state index is 12.0. The van der Waals surface area contributed by atoms with Gasteiger partial charge < -0.3 is 15.5 Å². The second-order valence-electron chi connectivity index (χ2n) is 4.98. The van der Waals surface area contributed by atoms with Crippen molar-refractivity contribution in [1.29, 1.82) is 5.41 Å². The molecule has 4 nitrogen and oxygen atoms in total. The summed E-state index contributed by atoms with van der Waals surface area (Å²) in [5.74, 6) is 0.183. The van der Waals surface area contributed by atoms with Gasteiger partial charge in [0.2, 0.25) is 5.91 Å². The monoisotopic (exact) mass is 238 g/mol. The van der Waals surface area contributed by atoms with E-state index in [2.05, 4.69) is 19.2 Å². The third-order valence-corrected chi connectivity index (χ3v) is 3.95. The van der Waals surface area contributed by atoms with E-state index < -0.39 is 0 Å². The molecular weight excluding hydrogens is 216 g/mol. The molecule has 1 rings (SSSR count). The Labute approximate surface area is 103 Å². The van der Waals surface area contributed by atoms with E-state index in [4.69, 9.17) is 5.41 Å². The van der Waals surface area contributed by atoms with Crippen molar-refractivity contribution in [2.75, 3.05) is 6.54 Å². The highest BCUT2D eigenvalue weighted by Crippen LogP contribution is 2.53. The Morgan fingerprint density at radius 3 is 2.59 bits per heavy atom. The molecule has 2 unspecified atom stereocenters. The third kappa shape index (κ3) is 3.14. The van der Waals surface area contributed by atoms with E-state index in [9.17, 15) is 9.59 Å². The van der Waals surface area contributed by atoms with Crippen molar-refractivity contribution in [1.82, 2.24) is 5.32 Å². The van der Waals surface area contributed by atoms with Crippen LogP contribution < -0.4 is 5.32 Å². The van der Waals surface area contributed by atoms with E-state index >= 15 is 0 Å². The van der Waals surface area contributed by atoms with Crippen LogP contribution in [0.2, 0.25) is 0 Å². The molecule has 1 aliphatic carbocycles. The normalized spacial score (nSPS) is 20.1. The van der Waals surface area contributed by atoms with Crippen molar-refractivity contribution < 1.29 is 9.59 Å². The van der Waals surface area contributed by atoms with E-state index in [0.717, 1.165) is 31.8 Å². The molecule has 0 heterocycles. The molecule has 0 aromatic heterocycles. The first-order valence-electron chi connectivity index (χ1n) is 6.35. The highest BCUT2D eigenvalue weighted by Gasteiger charge is 2.52. The van der Waals surface area contributed by atoms with Gasteiger partial charge >= 0.3 is 0 Å². The van der Waals surface area contributed by atoms with E-state index in [1.54, 1.807) is 0 Å². The quantitative estimate of drug-likeness (QED) is 0.500. The molecule has 96 valence electrons. The van der Waals surface area contributed by atoms with Gasteiger partial charge in [0.05, 0.1) is 11.3 Å². The van der Waals surface area contributed by atoms with Crippen LogP contribution >= 0.6 is 0 Å². The summed E-state index contributed by atoms with van der Waals surface area (Å²) in [6.45, 7) is 4.71. The van der Waals surface area contributed by atoms with E-state index in [-0.39, 0.29) is 17.2 Å². The van der Waals surface area contributed by atoms with Crippen LogP contribution in [0.1, 0.15) is 39.5 Å². The zero-order valence-electron chi connectivity index (χ0n) is 10.7. The summed E-state index contributed by atoms with van der Waals surface area (Å²) in [6, 6.07) is 0. The van der Waals surface area contributed by atoms with Crippen LogP contribution in [0.5, 0.6) is 0 Å². The Hall–Kier alpha value is -1.19. The Kier molecular flexibility index (Phi) is 4.85. The Morgan fingerprint density at radius 2 is 2.18 bits per heavy atom. The number of aldehydes is 1. The molecule has 0 bridgehead atoms. The van der Waals surface area contributed by atoms with Gasteiger partial charge in [0, 0.05) is 12.8 Å². The summed E-state index contributed by atoms with van der Waals surface area (Å²) in [4.78, 5) is 22.5. The predicted octanol–water partition coefficient (Wildman–Crippen LogP) is 1.78. The first-order chi connectivity index (χ1) is 8.10. The maximum Gasteiger partial charge on any atom is 0.226 e. The van der Waals surface area contributed by atoms with Gasteiger partial charge in [-0.15, -0.1) is 0 Å². The molecule has 2 N–H and O–H groups in total. The molecule has 17 heavy (non-hydrogen) atoms. The van der Waals surface area contributed by atoms with Gasteiger partial charge in [-0.1, -0.05) is 20.3 Å². The molecule has 2 atom stereocenters. The zero-order valence-corrected chi connectivity index (χ0v) is 10.7. The van der Waals surface area contributed by atoms with Gasteiger partial charge in [0.15, 0.2) is 0 Å². The molecule has 0 radical (unpaired) electrons. The number of hydrogen-bond donors (Lipinski definition) is 2. The van der Waals surface area contributed by atoms with Crippen molar-refractivity contribution >= 4 is 18.4 Å². The van der Waals surface area contributed by atoms with Crippen LogP contribution in [0.3, 0.4) is 0 Å². The Bertz CT molecular complexity index is 290. The van der Waals surface area contributed by atoms with Gasteiger partial charge in [0.1, 0.15) is 6.29 Å². The minimum absolute atomic E-state index is 0.126. The molecular formula is C13H22N2O2. The SMILES string of the molecule is CCC(C)C1(C(=O)NCCC(C=N)C=O)CC1. The molecule has 0 aromatic carbocycles. The molecule has 0 saturated heterocycles. The summed E-state index contributed by atoms with van der Waals surface area (Å²) < 4.78 is 0. The van der Waals surface area contributed by atoms with Gasteiger partial charge in [0.25, 0.3) is 0 Å². The Balaban J connectivity index is 2.35. The molecule has 1 fully saturated rings. The fraction of sp³-hybridized carbons (Fsp3) is 0.769. The van der Waals surface area contributed by atoms with Crippen LogP contribution in [-0.2, 0) is 9.59 Å². The first kappa shape index (κ1) is 13.9. The lowest BCUT2D eigenvalue weighted by atomic mass is 9.87. The van der Waals surface area contributed by atoms with E-state index in [1.807, 2.05) is 0 Å². The fourth-order valence-electron chi connectivity index (χ4n) is 2.19. The average molecular weight is 238 g/mol. The summed E-state index contributed by atoms with van der Waals surface area (Å²) >= 11 is 0. The lowest BCUT2D eigenvalue weighted by Gasteiger charge is -2.21. The van der Waals surface area contributed by atoms with Crippen molar-refractivity contribution in [3.8, 4) is 0 Å². The van der Waals surface area contributed by atoms with Crippen LogP contribution in [-0.4, -0.2) is 25.0 Å². The van der Waals surface area contributed by atoms with Crippen LogP contribution in [0.4, 0.5) is 0 Å². The average Bonchev–Trinajstić information content (AvgIpc) is 3.15. The van der Waals surface area contributed by atoms with E-state index in [0.29, 0.717) is 18.9 Å². The molecule has 0 aromatic rings. The number of amides is 1. The molecule has 4 heteroatoms. The van der Waals surface area contributed by atoms with Crippen LogP contribution in [0.15, 0.2) is 0 Å². The second kappa shape index (κ2) is 5.94. The first-order valence-corrected chi connectivity index (χ1v) is 6.35. The van der Waals surface area contributed by atoms with Crippen molar-refractivity contribution in [3.63, 3.8) is 0 Å². The van der Waals surface area contributed by atoms with Gasteiger partial charge in [-0.25, -0.2) is 0 Å². The van der Waals surface area contributed by atoms with Crippen LogP contribution in [0, 0.1) is 22.7 Å². The third-order valence-electron chi connectivity index (χ3n) is 3.95. The molecule has 1 saturated carbocycles. The number of nitrogens with one attached hydrogen (secondary N) is 2. The summed E-state index contributed by atoms with van der Waals surface area (Å²) in [5.41, 5.74) is -0.143. The smallest absolute Gasteiger partial charge is 0.226 e. The van der Waals surface area contributed by atoms with Gasteiger partial charge in [-0.2, -0.15) is 0 Å². The summed E-state index contributed by atoms with van der Waals surface area (Å²) in [7, 11) is 0. The maximum absolute atomic E-state index is 12.0. The topological polar surface area (TPSA) is 70.0 Å². The Morgan fingerprint density at radius 1 is 1.53 bits per heavy atom. The lowest BCUT2D eigenvalue weighted by molar-refractivity contribution is -0.128. The van der Waals surface area contributed by atoms with Gasteiger partial charge in [-0.05, 0) is 25.2 Å². The number of rotatable bonds is 8. The standard InChI is InChI=1S/C13H22N2O2/c1-3-10(2)13(5-6-13)12(17)15-7-4-11(8-14)9-16/h8-11,14H,3-7H2,1-2H3,(H,15,17). The van der Waals surface area contributed by atoms with Gasteiger partial charge in [-0.3, -0.25) is 4.79 Å².